The van der Waals surface area contributed by atoms with E-state index in [-0.39, 0.29) is 17.6 Å². The highest BCUT2D eigenvalue weighted by molar-refractivity contribution is 7.89. The van der Waals surface area contributed by atoms with Crippen molar-refractivity contribution in [3.63, 3.8) is 0 Å². The van der Waals surface area contributed by atoms with Crippen molar-refractivity contribution in [1.82, 2.24) is 19.1 Å². The predicted molar refractivity (Wildman–Crippen MR) is 84.3 cm³/mol. The summed E-state index contributed by atoms with van der Waals surface area (Å²) in [6.07, 6.45) is 3.14. The number of sulfonamides is 1. The summed E-state index contributed by atoms with van der Waals surface area (Å²) in [5.41, 5.74) is 0. The van der Waals surface area contributed by atoms with Gasteiger partial charge in [-0.2, -0.15) is 4.31 Å². The van der Waals surface area contributed by atoms with Crippen molar-refractivity contribution in [2.45, 2.75) is 23.7 Å². The molecule has 8 nitrogen and oxygen atoms in total. The Labute approximate surface area is 140 Å². The third-order valence-electron chi connectivity index (χ3n) is 4.55. The fourth-order valence-electron chi connectivity index (χ4n) is 3.20. The van der Waals surface area contributed by atoms with Gasteiger partial charge in [0.2, 0.25) is 16.8 Å². The molecule has 0 N–H and O–H groups in total. The van der Waals surface area contributed by atoms with Gasteiger partial charge in [-0.15, -0.1) is 10.2 Å². The first-order valence-electron chi connectivity index (χ1n) is 7.79. The molecule has 0 spiro atoms. The summed E-state index contributed by atoms with van der Waals surface area (Å²) >= 11 is 0. The smallest absolute Gasteiger partial charge is 0.243 e. The van der Waals surface area contributed by atoms with Crippen LogP contribution in [-0.2, 0) is 17.1 Å². The molecule has 0 unspecified atom stereocenters. The third-order valence-corrected chi connectivity index (χ3v) is 6.44. The Kier molecular flexibility index (Phi) is 3.69. The van der Waals surface area contributed by atoms with Crippen LogP contribution in [0.2, 0.25) is 0 Å². The lowest BCUT2D eigenvalue weighted by Gasteiger charge is -2.30. The second-order valence-electron chi connectivity index (χ2n) is 5.99. The first kappa shape index (κ1) is 15.4. The summed E-state index contributed by atoms with van der Waals surface area (Å²) in [7, 11) is -1.62. The molecule has 1 aromatic carbocycles. The minimum absolute atomic E-state index is 0.127. The molecule has 0 radical (unpaired) electrons. The van der Waals surface area contributed by atoms with E-state index in [1.165, 1.54) is 10.4 Å². The SMILES string of the molecule is Cn1cnnc1C1CCN(S(=O)(=O)c2ccc3c(c2)OCO3)CC1. The fourth-order valence-corrected chi connectivity index (χ4v) is 4.69. The second kappa shape index (κ2) is 5.75. The normalized spacial score (nSPS) is 18.9. The lowest BCUT2D eigenvalue weighted by molar-refractivity contribution is 0.174. The van der Waals surface area contributed by atoms with Crippen LogP contribution in [-0.4, -0.2) is 47.4 Å². The van der Waals surface area contributed by atoms with E-state index in [0.717, 1.165) is 18.7 Å². The Morgan fingerprint density at radius 1 is 1.17 bits per heavy atom. The summed E-state index contributed by atoms with van der Waals surface area (Å²) in [6.45, 7) is 1.06. The molecular formula is C15H18N4O4S. The molecule has 2 aliphatic rings. The van der Waals surface area contributed by atoms with Crippen molar-refractivity contribution in [3.05, 3.63) is 30.4 Å². The molecule has 2 aliphatic heterocycles. The van der Waals surface area contributed by atoms with Crippen LogP contribution in [0.5, 0.6) is 11.5 Å². The third kappa shape index (κ3) is 2.53. The first-order chi connectivity index (χ1) is 11.6. The van der Waals surface area contributed by atoms with E-state index in [4.69, 9.17) is 9.47 Å². The van der Waals surface area contributed by atoms with E-state index in [0.29, 0.717) is 24.6 Å². The zero-order valence-electron chi connectivity index (χ0n) is 13.3. The lowest BCUT2D eigenvalue weighted by Crippen LogP contribution is -2.38. The Morgan fingerprint density at radius 2 is 1.92 bits per heavy atom. The molecule has 1 aromatic heterocycles. The summed E-state index contributed by atoms with van der Waals surface area (Å²) in [6, 6.07) is 4.74. The van der Waals surface area contributed by atoms with Crippen LogP contribution in [0.3, 0.4) is 0 Å². The molecule has 0 saturated carbocycles. The number of hydrogen-bond donors (Lipinski definition) is 0. The molecule has 4 rings (SSSR count). The van der Waals surface area contributed by atoms with Gasteiger partial charge in [-0.25, -0.2) is 8.42 Å². The van der Waals surface area contributed by atoms with Crippen LogP contribution in [0.25, 0.3) is 0 Å². The molecule has 1 saturated heterocycles. The van der Waals surface area contributed by atoms with Crippen molar-refractivity contribution in [1.29, 1.82) is 0 Å². The van der Waals surface area contributed by atoms with Crippen molar-refractivity contribution in [2.24, 2.45) is 7.05 Å². The van der Waals surface area contributed by atoms with Gasteiger partial charge in [0.1, 0.15) is 12.2 Å². The number of aromatic nitrogens is 3. The maximum atomic E-state index is 12.8. The zero-order chi connectivity index (χ0) is 16.7. The molecule has 24 heavy (non-hydrogen) atoms. The average molecular weight is 350 g/mol. The Balaban J connectivity index is 1.51. The number of piperidine rings is 1. The van der Waals surface area contributed by atoms with Crippen LogP contribution >= 0.6 is 0 Å². The molecule has 1 fully saturated rings. The van der Waals surface area contributed by atoms with Gasteiger partial charge >= 0.3 is 0 Å². The summed E-state index contributed by atoms with van der Waals surface area (Å²) < 4.78 is 39.6. The molecule has 3 heterocycles. The molecule has 0 aliphatic carbocycles. The molecule has 0 atom stereocenters. The number of nitrogens with zero attached hydrogens (tertiary/aromatic N) is 4. The van der Waals surface area contributed by atoms with Crippen LogP contribution in [0.4, 0.5) is 0 Å². The summed E-state index contributed by atoms with van der Waals surface area (Å²) in [5, 5.41) is 8.04. The van der Waals surface area contributed by atoms with Gasteiger partial charge in [-0.1, -0.05) is 0 Å². The highest BCUT2D eigenvalue weighted by atomic mass is 32.2. The van der Waals surface area contributed by atoms with Crippen LogP contribution in [0.1, 0.15) is 24.6 Å². The van der Waals surface area contributed by atoms with Crippen molar-refractivity contribution in [3.8, 4) is 11.5 Å². The topological polar surface area (TPSA) is 86.6 Å². The average Bonchev–Trinajstić information content (AvgIpc) is 3.22. The van der Waals surface area contributed by atoms with Gasteiger partial charge in [0.25, 0.3) is 0 Å². The first-order valence-corrected chi connectivity index (χ1v) is 9.23. The Morgan fingerprint density at radius 3 is 2.62 bits per heavy atom. The molecule has 2 aromatic rings. The molecule has 128 valence electrons. The fraction of sp³-hybridized carbons (Fsp3) is 0.467. The number of rotatable bonds is 3. The summed E-state index contributed by atoms with van der Waals surface area (Å²) in [5.74, 6) is 2.20. The molecule has 9 heteroatoms. The van der Waals surface area contributed by atoms with Crippen LogP contribution in [0, 0.1) is 0 Å². The van der Waals surface area contributed by atoms with Crippen LogP contribution in [0.15, 0.2) is 29.4 Å². The molecular weight excluding hydrogens is 332 g/mol. The standard InChI is InChI=1S/C15H18N4O4S/c1-18-9-16-17-15(18)11-4-6-19(7-5-11)24(20,21)12-2-3-13-14(8-12)23-10-22-13/h2-3,8-9,11H,4-7,10H2,1H3. The van der Waals surface area contributed by atoms with Crippen LogP contribution < -0.4 is 9.47 Å². The Hall–Kier alpha value is -2.13. The quantitative estimate of drug-likeness (QED) is 0.824. The number of fused-ring (bicyclic) bond motifs is 1. The minimum atomic E-state index is -3.53. The van der Waals surface area contributed by atoms with Crippen molar-refractivity contribution >= 4 is 10.0 Å². The number of aryl methyl sites for hydroxylation is 1. The van der Waals surface area contributed by atoms with Gasteiger partial charge < -0.3 is 14.0 Å². The molecule has 0 bridgehead atoms. The predicted octanol–water partition coefficient (Wildman–Crippen LogP) is 1.11. The lowest BCUT2D eigenvalue weighted by atomic mass is 9.97. The van der Waals surface area contributed by atoms with E-state index < -0.39 is 10.0 Å². The minimum Gasteiger partial charge on any atom is -0.454 e. The zero-order valence-corrected chi connectivity index (χ0v) is 14.1. The van der Waals surface area contributed by atoms with Gasteiger partial charge in [0.15, 0.2) is 11.5 Å². The van der Waals surface area contributed by atoms with Gasteiger partial charge in [0.05, 0.1) is 4.90 Å². The van der Waals surface area contributed by atoms with E-state index >= 15 is 0 Å². The second-order valence-corrected chi connectivity index (χ2v) is 7.93. The molecule has 0 amide bonds. The van der Waals surface area contributed by atoms with Crippen molar-refractivity contribution in [2.75, 3.05) is 19.9 Å². The maximum absolute atomic E-state index is 12.8. The highest BCUT2D eigenvalue weighted by Gasteiger charge is 2.32. The van der Waals surface area contributed by atoms with E-state index in [1.807, 2.05) is 11.6 Å². The van der Waals surface area contributed by atoms with Gasteiger partial charge in [-0.05, 0) is 25.0 Å². The van der Waals surface area contributed by atoms with E-state index in [9.17, 15) is 8.42 Å². The number of benzene rings is 1. The Bertz CT molecular complexity index is 856. The largest absolute Gasteiger partial charge is 0.454 e. The monoisotopic (exact) mass is 350 g/mol. The number of hydrogen-bond acceptors (Lipinski definition) is 6. The van der Waals surface area contributed by atoms with Gasteiger partial charge in [-0.3, -0.25) is 0 Å². The van der Waals surface area contributed by atoms with E-state index in [1.54, 1.807) is 18.5 Å². The van der Waals surface area contributed by atoms with E-state index in [2.05, 4.69) is 10.2 Å². The van der Waals surface area contributed by atoms with Crippen molar-refractivity contribution < 1.29 is 17.9 Å². The highest BCUT2D eigenvalue weighted by Crippen LogP contribution is 2.36. The number of ether oxygens (including phenoxy) is 2. The van der Waals surface area contributed by atoms with Gasteiger partial charge in [0, 0.05) is 32.1 Å². The summed E-state index contributed by atoms with van der Waals surface area (Å²) in [4.78, 5) is 0.240. The maximum Gasteiger partial charge on any atom is 0.243 e.